The van der Waals surface area contributed by atoms with Crippen molar-refractivity contribution in [2.45, 2.75) is 26.7 Å². The van der Waals surface area contributed by atoms with Gasteiger partial charge in [0.15, 0.2) is 5.78 Å². The van der Waals surface area contributed by atoms with E-state index in [4.69, 9.17) is 5.11 Å². The zero-order valence-corrected chi connectivity index (χ0v) is 8.78. The van der Waals surface area contributed by atoms with Crippen molar-refractivity contribution < 1.29 is 24.2 Å². The molecule has 0 aliphatic carbocycles. The van der Waals surface area contributed by atoms with E-state index in [0.717, 1.165) is 0 Å². The zero-order valence-electron chi connectivity index (χ0n) is 8.78. The Bertz CT molecular complexity index is 290. The Morgan fingerprint density at radius 1 is 1.27 bits per heavy atom. The topological polar surface area (TPSA) is 80.7 Å². The van der Waals surface area contributed by atoms with Gasteiger partial charge in [0.25, 0.3) is 0 Å². The molecule has 0 radical (unpaired) electrons. The molecule has 5 heteroatoms. The lowest BCUT2D eigenvalue weighted by molar-refractivity contribution is -0.145. The molecule has 0 saturated carbocycles. The third-order valence-corrected chi connectivity index (χ3v) is 1.65. The summed E-state index contributed by atoms with van der Waals surface area (Å²) in [5, 5.41) is 8.50. The summed E-state index contributed by atoms with van der Waals surface area (Å²) in [7, 11) is 0. The number of Topliss-reactive ketones (excluding diaryl/α,β-unsaturated/α-hetero) is 1. The molecule has 0 aromatic rings. The Labute approximate surface area is 87.7 Å². The van der Waals surface area contributed by atoms with Gasteiger partial charge in [-0.25, -0.2) is 4.79 Å². The zero-order chi connectivity index (χ0) is 11.8. The monoisotopic (exact) mass is 214 g/mol. The maximum absolute atomic E-state index is 11.0. The van der Waals surface area contributed by atoms with Gasteiger partial charge < -0.3 is 9.84 Å². The molecule has 0 rings (SSSR count). The van der Waals surface area contributed by atoms with Crippen LogP contribution in [-0.2, 0) is 19.1 Å². The molecule has 0 heterocycles. The van der Waals surface area contributed by atoms with Gasteiger partial charge in [-0.3, -0.25) is 9.59 Å². The molecule has 1 N–H and O–H groups in total. The van der Waals surface area contributed by atoms with Crippen LogP contribution in [0.3, 0.4) is 0 Å². The van der Waals surface area contributed by atoms with E-state index in [1.807, 2.05) is 0 Å². The van der Waals surface area contributed by atoms with Gasteiger partial charge in [-0.1, -0.05) is 6.08 Å². The SMILES string of the molecule is CC(=O)OCC(=O)CCC=C(C)C(=O)O. The molecule has 0 aromatic heterocycles. The van der Waals surface area contributed by atoms with Crippen molar-refractivity contribution in [3.63, 3.8) is 0 Å². The standard InChI is InChI=1S/C10H14O5/c1-7(10(13)14)4-3-5-9(12)6-15-8(2)11/h4H,3,5-6H2,1-2H3,(H,13,14). The second-order valence-electron chi connectivity index (χ2n) is 3.05. The molecule has 0 spiro atoms. The smallest absolute Gasteiger partial charge is 0.330 e. The summed E-state index contributed by atoms with van der Waals surface area (Å²) in [5.74, 6) is -1.72. The van der Waals surface area contributed by atoms with E-state index in [-0.39, 0.29) is 24.4 Å². The molecule has 5 nitrogen and oxygen atoms in total. The molecule has 0 aromatic carbocycles. The second kappa shape index (κ2) is 6.75. The van der Waals surface area contributed by atoms with Crippen molar-refractivity contribution >= 4 is 17.7 Å². The Morgan fingerprint density at radius 3 is 2.33 bits per heavy atom. The molecule has 15 heavy (non-hydrogen) atoms. The van der Waals surface area contributed by atoms with Crippen LogP contribution < -0.4 is 0 Å². The summed E-state index contributed by atoms with van der Waals surface area (Å²) < 4.78 is 4.48. The molecule has 0 unspecified atom stereocenters. The molecular weight excluding hydrogens is 200 g/mol. The lowest BCUT2D eigenvalue weighted by Gasteiger charge is -1.99. The van der Waals surface area contributed by atoms with E-state index < -0.39 is 11.9 Å². The van der Waals surface area contributed by atoms with Crippen LogP contribution >= 0.6 is 0 Å². The lowest BCUT2D eigenvalue weighted by Crippen LogP contribution is -2.11. The molecule has 0 atom stereocenters. The average molecular weight is 214 g/mol. The molecule has 0 bridgehead atoms. The van der Waals surface area contributed by atoms with Gasteiger partial charge in [-0.15, -0.1) is 0 Å². The number of ether oxygens (including phenoxy) is 1. The number of carboxylic acid groups (broad SMARTS) is 1. The summed E-state index contributed by atoms with van der Waals surface area (Å²) in [6.07, 6.45) is 1.99. The van der Waals surface area contributed by atoms with E-state index >= 15 is 0 Å². The fourth-order valence-electron chi connectivity index (χ4n) is 0.791. The number of allylic oxidation sites excluding steroid dienone is 1. The van der Waals surface area contributed by atoms with Gasteiger partial charge in [0.1, 0.15) is 6.61 Å². The Kier molecular flexibility index (Phi) is 6.01. The van der Waals surface area contributed by atoms with Gasteiger partial charge in [-0.05, 0) is 13.3 Å². The highest BCUT2D eigenvalue weighted by Crippen LogP contribution is 1.99. The largest absolute Gasteiger partial charge is 0.478 e. The van der Waals surface area contributed by atoms with Gasteiger partial charge in [0, 0.05) is 18.9 Å². The highest BCUT2D eigenvalue weighted by molar-refractivity contribution is 5.86. The maximum atomic E-state index is 11.0. The Morgan fingerprint density at radius 2 is 1.87 bits per heavy atom. The van der Waals surface area contributed by atoms with E-state index in [1.54, 1.807) is 0 Å². The van der Waals surface area contributed by atoms with Crippen LogP contribution in [0.4, 0.5) is 0 Å². The van der Waals surface area contributed by atoms with E-state index in [9.17, 15) is 14.4 Å². The minimum absolute atomic E-state index is 0.178. The number of carbonyl (C=O) groups is 3. The van der Waals surface area contributed by atoms with Crippen LogP contribution in [0, 0.1) is 0 Å². The summed E-state index contributed by atoms with van der Waals surface area (Å²) in [6, 6.07) is 0. The molecule has 0 amide bonds. The maximum Gasteiger partial charge on any atom is 0.330 e. The molecular formula is C10H14O5. The minimum atomic E-state index is -0.998. The van der Waals surface area contributed by atoms with Crippen molar-refractivity contribution in [1.82, 2.24) is 0 Å². The van der Waals surface area contributed by atoms with Gasteiger partial charge >= 0.3 is 11.9 Å². The van der Waals surface area contributed by atoms with Gasteiger partial charge in [-0.2, -0.15) is 0 Å². The van der Waals surface area contributed by atoms with Crippen molar-refractivity contribution in [2.75, 3.05) is 6.61 Å². The lowest BCUT2D eigenvalue weighted by atomic mass is 10.2. The Hall–Kier alpha value is -1.65. The van der Waals surface area contributed by atoms with Crippen LogP contribution in [0.15, 0.2) is 11.6 Å². The molecule has 0 saturated heterocycles. The minimum Gasteiger partial charge on any atom is -0.478 e. The van der Waals surface area contributed by atoms with Crippen LogP contribution in [0.2, 0.25) is 0 Å². The number of hydrogen-bond donors (Lipinski definition) is 1. The summed E-state index contributed by atoms with van der Waals surface area (Å²) in [5.41, 5.74) is 0.204. The fraction of sp³-hybridized carbons (Fsp3) is 0.500. The summed E-state index contributed by atoms with van der Waals surface area (Å²) in [4.78, 5) is 31.8. The number of aliphatic carboxylic acids is 1. The van der Waals surface area contributed by atoms with Crippen molar-refractivity contribution in [1.29, 1.82) is 0 Å². The predicted octanol–water partition coefficient (Wildman–Crippen LogP) is 0.930. The van der Waals surface area contributed by atoms with Crippen LogP contribution in [-0.4, -0.2) is 29.4 Å². The highest BCUT2D eigenvalue weighted by Gasteiger charge is 2.04. The second-order valence-corrected chi connectivity index (χ2v) is 3.05. The van der Waals surface area contributed by atoms with Gasteiger partial charge in [0.05, 0.1) is 0 Å². The molecule has 0 aliphatic heterocycles. The first-order valence-electron chi connectivity index (χ1n) is 4.48. The van der Waals surface area contributed by atoms with Crippen LogP contribution in [0.5, 0.6) is 0 Å². The number of carboxylic acids is 1. The highest BCUT2D eigenvalue weighted by atomic mass is 16.5. The number of carbonyl (C=O) groups excluding carboxylic acids is 2. The average Bonchev–Trinajstić information content (AvgIpc) is 2.14. The van der Waals surface area contributed by atoms with Crippen molar-refractivity contribution in [2.24, 2.45) is 0 Å². The predicted molar refractivity (Wildman–Crippen MR) is 52.3 cm³/mol. The van der Waals surface area contributed by atoms with E-state index in [1.165, 1.54) is 19.9 Å². The number of hydrogen-bond acceptors (Lipinski definition) is 4. The molecule has 0 aliphatic rings. The third kappa shape index (κ3) is 7.42. The summed E-state index contributed by atoms with van der Waals surface area (Å²) in [6.45, 7) is 2.44. The fourth-order valence-corrected chi connectivity index (χ4v) is 0.791. The van der Waals surface area contributed by atoms with E-state index in [0.29, 0.717) is 6.42 Å². The van der Waals surface area contributed by atoms with Crippen LogP contribution in [0.1, 0.15) is 26.7 Å². The summed E-state index contributed by atoms with van der Waals surface area (Å²) >= 11 is 0. The van der Waals surface area contributed by atoms with Crippen molar-refractivity contribution in [3.05, 3.63) is 11.6 Å². The third-order valence-electron chi connectivity index (χ3n) is 1.65. The first-order valence-corrected chi connectivity index (χ1v) is 4.48. The van der Waals surface area contributed by atoms with E-state index in [2.05, 4.69) is 4.74 Å². The van der Waals surface area contributed by atoms with Gasteiger partial charge in [0.2, 0.25) is 0 Å². The molecule has 0 fully saturated rings. The quantitative estimate of drug-likeness (QED) is 0.525. The first kappa shape index (κ1) is 13.4. The Balaban J connectivity index is 3.77. The van der Waals surface area contributed by atoms with Crippen LogP contribution in [0.25, 0.3) is 0 Å². The first-order chi connectivity index (χ1) is 6.93. The normalized spacial score (nSPS) is 10.9. The molecule has 84 valence electrons. The number of ketones is 1. The number of rotatable bonds is 6. The van der Waals surface area contributed by atoms with Crippen molar-refractivity contribution in [3.8, 4) is 0 Å². The number of esters is 1.